The molecule has 0 aliphatic rings. The number of esters is 3. The van der Waals surface area contributed by atoms with Crippen LogP contribution in [0.25, 0.3) is 0 Å². The summed E-state index contributed by atoms with van der Waals surface area (Å²) in [5.74, 6) is -0.864. The molecule has 0 saturated carbocycles. The molecule has 0 bridgehead atoms. The van der Waals surface area contributed by atoms with Crippen molar-refractivity contribution in [2.45, 2.75) is 393 Å². The van der Waals surface area contributed by atoms with Crippen LogP contribution in [0, 0.1) is 0 Å². The zero-order valence-electron chi connectivity index (χ0n) is 52.7. The van der Waals surface area contributed by atoms with Crippen molar-refractivity contribution in [3.8, 4) is 0 Å². The van der Waals surface area contributed by atoms with Crippen LogP contribution in [0.1, 0.15) is 387 Å². The van der Waals surface area contributed by atoms with Crippen LogP contribution in [0.3, 0.4) is 0 Å². The van der Waals surface area contributed by atoms with E-state index in [9.17, 15) is 14.4 Å². The second-order valence-corrected chi connectivity index (χ2v) is 23.8. The fourth-order valence-electron chi connectivity index (χ4n) is 10.6. The highest BCUT2D eigenvalue weighted by atomic mass is 16.6. The molecule has 0 radical (unpaired) electrons. The average Bonchev–Trinajstić information content (AvgIpc) is 3.44. The summed E-state index contributed by atoms with van der Waals surface area (Å²) in [7, 11) is 0. The lowest BCUT2D eigenvalue weighted by Gasteiger charge is -2.18. The molecular weight excluding hydrogens is 961 g/mol. The number of ether oxygens (including phenoxy) is 3. The smallest absolute Gasteiger partial charge is 0.306 e. The fraction of sp³-hybridized carbons (Fsp3) is 0.875. The molecule has 0 fully saturated rings. The molecule has 0 aromatic heterocycles. The number of hydrogen-bond donors (Lipinski definition) is 0. The zero-order chi connectivity index (χ0) is 56.4. The molecule has 6 heteroatoms. The lowest BCUT2D eigenvalue weighted by atomic mass is 10.0. The summed E-state index contributed by atoms with van der Waals surface area (Å²) < 4.78 is 16.9. The maximum Gasteiger partial charge on any atom is 0.306 e. The summed E-state index contributed by atoms with van der Waals surface area (Å²) >= 11 is 0. The van der Waals surface area contributed by atoms with Gasteiger partial charge in [-0.05, 0) is 70.6 Å². The molecule has 0 aliphatic heterocycles. The zero-order valence-corrected chi connectivity index (χ0v) is 52.7. The molecule has 0 heterocycles. The van der Waals surface area contributed by atoms with E-state index in [0.29, 0.717) is 19.3 Å². The molecule has 0 amide bonds. The van der Waals surface area contributed by atoms with Crippen LogP contribution in [0.2, 0.25) is 0 Å². The van der Waals surface area contributed by atoms with Crippen LogP contribution < -0.4 is 0 Å². The summed E-state index contributed by atoms with van der Waals surface area (Å²) in [5.41, 5.74) is 0. The number of carbonyl (C=O) groups excluding carboxylic acids is 3. The molecule has 0 rings (SSSR count). The Labute approximate surface area is 486 Å². The van der Waals surface area contributed by atoms with Crippen molar-refractivity contribution in [3.05, 3.63) is 36.5 Å². The Hall–Kier alpha value is -2.37. The van der Waals surface area contributed by atoms with Crippen LogP contribution in [0.4, 0.5) is 0 Å². The minimum Gasteiger partial charge on any atom is -0.462 e. The Morgan fingerprint density at radius 3 is 0.769 bits per heavy atom. The van der Waals surface area contributed by atoms with Gasteiger partial charge in [-0.1, -0.05) is 333 Å². The number of hydrogen-bond acceptors (Lipinski definition) is 6. The van der Waals surface area contributed by atoms with Crippen LogP contribution in [-0.2, 0) is 28.6 Å². The van der Waals surface area contributed by atoms with Gasteiger partial charge in [0.05, 0.1) is 0 Å². The maximum atomic E-state index is 12.9. The van der Waals surface area contributed by atoms with Crippen LogP contribution >= 0.6 is 0 Å². The van der Waals surface area contributed by atoms with E-state index in [2.05, 4.69) is 57.2 Å². The third-order valence-corrected chi connectivity index (χ3v) is 15.8. The monoisotopic (exact) mass is 1100 g/mol. The average molecular weight is 1100 g/mol. The van der Waals surface area contributed by atoms with E-state index in [1.54, 1.807) is 0 Å². The maximum absolute atomic E-state index is 12.9. The number of rotatable bonds is 65. The summed E-state index contributed by atoms with van der Waals surface area (Å²) in [6.45, 7) is 6.62. The molecule has 0 N–H and O–H groups in total. The van der Waals surface area contributed by atoms with E-state index in [1.807, 2.05) is 0 Å². The van der Waals surface area contributed by atoms with E-state index >= 15 is 0 Å². The molecule has 78 heavy (non-hydrogen) atoms. The first kappa shape index (κ1) is 75.6. The molecule has 0 aliphatic carbocycles. The Morgan fingerprint density at radius 2 is 0.487 bits per heavy atom. The molecule has 1 unspecified atom stereocenters. The number of carbonyl (C=O) groups is 3. The van der Waals surface area contributed by atoms with Gasteiger partial charge < -0.3 is 14.2 Å². The second kappa shape index (κ2) is 67.1. The molecule has 0 saturated heterocycles. The topological polar surface area (TPSA) is 78.9 Å². The molecule has 1 atom stereocenters. The normalized spacial score (nSPS) is 12.2. The van der Waals surface area contributed by atoms with Gasteiger partial charge in [0.1, 0.15) is 13.2 Å². The highest BCUT2D eigenvalue weighted by Gasteiger charge is 2.19. The summed E-state index contributed by atoms with van der Waals surface area (Å²) in [4.78, 5) is 38.2. The van der Waals surface area contributed by atoms with Crippen molar-refractivity contribution in [2.24, 2.45) is 0 Å². The SMILES string of the molecule is CCC/C=C\C/C=C\CCCCCCCC(=O)OC(COC(=O)CCCCCCCCCCCCCC)COC(=O)CCCCCCCCCCCCCCCCCCCCCCCCC/C=C\CCCCCCCCCC. The van der Waals surface area contributed by atoms with Gasteiger partial charge in [0.2, 0.25) is 0 Å². The van der Waals surface area contributed by atoms with Gasteiger partial charge in [-0.25, -0.2) is 0 Å². The van der Waals surface area contributed by atoms with E-state index in [0.717, 1.165) is 89.9 Å². The standard InChI is InChI=1S/C72H134O6/c1-4-7-10-13-16-19-22-25-26-27-28-29-30-31-32-33-34-35-36-37-38-39-40-41-42-43-44-45-46-48-50-53-56-59-62-65-71(74)77-68-69(67-76-70(73)64-61-58-55-52-49-24-21-18-15-12-9-6-3)78-72(75)66-63-60-57-54-51-47-23-20-17-14-11-8-5-2/h11,14,20,23,27-28,69H,4-10,12-13,15-19,21-22,24-26,29-68H2,1-3H3/b14-11-,23-20-,28-27-. The molecule has 0 spiro atoms. The predicted molar refractivity (Wildman–Crippen MR) is 339 cm³/mol. The summed E-state index contributed by atoms with van der Waals surface area (Å²) in [6.07, 6.45) is 83.5. The molecule has 6 nitrogen and oxygen atoms in total. The molecule has 0 aromatic carbocycles. The van der Waals surface area contributed by atoms with Gasteiger partial charge in [-0.2, -0.15) is 0 Å². The van der Waals surface area contributed by atoms with Crippen LogP contribution in [0.15, 0.2) is 36.5 Å². The Balaban J connectivity index is 3.99. The second-order valence-electron chi connectivity index (χ2n) is 23.8. The minimum absolute atomic E-state index is 0.0725. The lowest BCUT2D eigenvalue weighted by molar-refractivity contribution is -0.167. The molecule has 458 valence electrons. The minimum atomic E-state index is -0.775. The summed E-state index contributed by atoms with van der Waals surface area (Å²) in [5, 5.41) is 0. The first-order valence-corrected chi connectivity index (χ1v) is 35.0. The van der Waals surface area contributed by atoms with Crippen molar-refractivity contribution in [1.82, 2.24) is 0 Å². The first-order valence-electron chi connectivity index (χ1n) is 35.0. The molecular formula is C72H134O6. The Bertz CT molecular complexity index is 1300. The van der Waals surface area contributed by atoms with Crippen molar-refractivity contribution >= 4 is 17.9 Å². The largest absolute Gasteiger partial charge is 0.462 e. The third-order valence-electron chi connectivity index (χ3n) is 15.8. The van der Waals surface area contributed by atoms with Crippen molar-refractivity contribution in [1.29, 1.82) is 0 Å². The first-order chi connectivity index (χ1) is 38.5. The molecule has 0 aromatic rings. The van der Waals surface area contributed by atoms with E-state index in [-0.39, 0.29) is 31.1 Å². The van der Waals surface area contributed by atoms with Gasteiger partial charge in [0.25, 0.3) is 0 Å². The predicted octanol–water partition coefficient (Wildman–Crippen LogP) is 23.9. The Kier molecular flexibility index (Phi) is 65.1. The Morgan fingerprint density at radius 1 is 0.256 bits per heavy atom. The fourth-order valence-corrected chi connectivity index (χ4v) is 10.6. The highest BCUT2D eigenvalue weighted by molar-refractivity contribution is 5.71. The van der Waals surface area contributed by atoms with Gasteiger partial charge in [-0.3, -0.25) is 14.4 Å². The van der Waals surface area contributed by atoms with E-state index < -0.39 is 6.10 Å². The van der Waals surface area contributed by atoms with Crippen LogP contribution in [-0.4, -0.2) is 37.2 Å². The summed E-state index contributed by atoms with van der Waals surface area (Å²) in [6, 6.07) is 0. The van der Waals surface area contributed by atoms with Crippen molar-refractivity contribution in [2.75, 3.05) is 13.2 Å². The highest BCUT2D eigenvalue weighted by Crippen LogP contribution is 2.18. The number of allylic oxidation sites excluding steroid dienone is 6. The van der Waals surface area contributed by atoms with Crippen molar-refractivity contribution < 1.29 is 28.6 Å². The lowest BCUT2D eigenvalue weighted by Crippen LogP contribution is -2.30. The van der Waals surface area contributed by atoms with Crippen LogP contribution in [0.5, 0.6) is 0 Å². The van der Waals surface area contributed by atoms with Gasteiger partial charge >= 0.3 is 17.9 Å². The van der Waals surface area contributed by atoms with Gasteiger partial charge in [0, 0.05) is 19.3 Å². The third kappa shape index (κ3) is 64.5. The van der Waals surface area contributed by atoms with Gasteiger partial charge in [0.15, 0.2) is 6.10 Å². The van der Waals surface area contributed by atoms with Crippen molar-refractivity contribution in [3.63, 3.8) is 0 Å². The number of unbranched alkanes of at least 4 members (excludes halogenated alkanes) is 48. The van der Waals surface area contributed by atoms with E-state index in [1.165, 1.54) is 257 Å². The quantitative estimate of drug-likeness (QED) is 0.0261. The van der Waals surface area contributed by atoms with Gasteiger partial charge in [-0.15, -0.1) is 0 Å². The van der Waals surface area contributed by atoms with E-state index in [4.69, 9.17) is 14.2 Å².